The number of carbonyl (C=O) groups is 3. The zero-order chi connectivity index (χ0) is 19.9. The van der Waals surface area contributed by atoms with Gasteiger partial charge in [0.25, 0.3) is 0 Å². The molecule has 13 nitrogen and oxygen atoms in total. The van der Waals surface area contributed by atoms with E-state index in [0.29, 0.717) is 0 Å². The molecule has 9 N–H and O–H groups in total. The van der Waals surface area contributed by atoms with Gasteiger partial charge in [-0.3, -0.25) is 4.79 Å². The van der Waals surface area contributed by atoms with Gasteiger partial charge in [-0.15, -0.1) is 0 Å². The lowest BCUT2D eigenvalue weighted by molar-refractivity contribution is -0.189. The van der Waals surface area contributed by atoms with Crippen LogP contribution in [-0.4, -0.2) is 120 Å². The van der Waals surface area contributed by atoms with Crippen molar-refractivity contribution in [3.63, 3.8) is 0 Å². The Bertz CT molecular complexity index is 466. The largest absolute Gasteiger partial charge is 0.479 e. The molecule has 0 amide bonds. The molecule has 0 heterocycles. The third-order valence-corrected chi connectivity index (χ3v) is 3.13. The second kappa shape index (κ2) is 10.3. The Kier molecular flexibility index (Phi) is 9.61. The molecule has 0 aromatic heterocycles. The Morgan fingerprint density at radius 2 is 1.24 bits per heavy atom. The molecule has 0 aliphatic heterocycles. The lowest BCUT2D eigenvalue weighted by atomic mass is 10.0. The van der Waals surface area contributed by atoms with Gasteiger partial charge in [-0.05, 0) is 0 Å². The van der Waals surface area contributed by atoms with Crippen LogP contribution in [-0.2, 0) is 19.1 Å². The number of carboxylic acid groups (broad SMARTS) is 1. The van der Waals surface area contributed by atoms with Crippen LogP contribution in [0.4, 0.5) is 0 Å². The number of hydrogen-bond acceptors (Lipinski definition) is 12. The topological polar surface area (TPSA) is 243 Å². The lowest BCUT2D eigenvalue weighted by Gasteiger charge is -2.27. The molecule has 0 unspecified atom stereocenters. The highest BCUT2D eigenvalue weighted by atomic mass is 16.6. The predicted octanol–water partition coefficient (Wildman–Crippen LogP) is -6.30. The highest BCUT2D eigenvalue weighted by Gasteiger charge is 2.40. The van der Waals surface area contributed by atoms with E-state index in [4.69, 9.17) is 20.4 Å². The van der Waals surface area contributed by atoms with Gasteiger partial charge in [-0.25, -0.2) is 9.59 Å². The number of hydrogen-bond donors (Lipinski definition) is 9. The van der Waals surface area contributed by atoms with Gasteiger partial charge in [0, 0.05) is 0 Å². The Balaban J connectivity index is 4.97. The summed E-state index contributed by atoms with van der Waals surface area (Å²) in [6, 6.07) is 0. The van der Waals surface area contributed by atoms with Crippen LogP contribution < -0.4 is 0 Å². The van der Waals surface area contributed by atoms with Crippen LogP contribution in [0, 0.1) is 0 Å². The van der Waals surface area contributed by atoms with Gasteiger partial charge in [0.2, 0.25) is 0 Å². The van der Waals surface area contributed by atoms with Gasteiger partial charge < -0.3 is 50.7 Å². The Hall–Kier alpha value is -1.71. The summed E-state index contributed by atoms with van der Waals surface area (Å²) >= 11 is 0. The minimum atomic E-state index is -2.60. The second-order valence-electron chi connectivity index (χ2n) is 4.93. The van der Waals surface area contributed by atoms with Gasteiger partial charge in [-0.2, -0.15) is 0 Å². The van der Waals surface area contributed by atoms with E-state index >= 15 is 0 Å². The van der Waals surface area contributed by atoms with Gasteiger partial charge in [0.15, 0.2) is 24.1 Å². The van der Waals surface area contributed by atoms with Crippen LogP contribution in [0.5, 0.6) is 0 Å². The number of carboxylic acids is 1. The smallest absolute Gasteiger partial charge is 0.338 e. The molecule has 0 saturated carbocycles. The molecule has 146 valence electrons. The van der Waals surface area contributed by atoms with E-state index in [1.165, 1.54) is 0 Å². The number of rotatable bonds is 11. The molecule has 0 rings (SSSR count). The monoisotopic (exact) mass is 372 g/mol. The number of aliphatic hydroxyl groups excluding tert-OH is 8. The minimum Gasteiger partial charge on any atom is -0.479 e. The number of carbonyl (C=O) groups excluding carboxylic acids is 2. The predicted molar refractivity (Wildman–Crippen MR) is 72.7 cm³/mol. The normalized spacial score (nSPS) is 19.8. The molecule has 0 radical (unpaired) electrons. The summed E-state index contributed by atoms with van der Waals surface area (Å²) in [5, 5.41) is 82.2. The zero-order valence-corrected chi connectivity index (χ0v) is 12.6. The molecular weight excluding hydrogens is 352 g/mol. The van der Waals surface area contributed by atoms with Crippen molar-refractivity contribution >= 4 is 17.7 Å². The first-order valence-corrected chi connectivity index (χ1v) is 6.75. The van der Waals surface area contributed by atoms with E-state index < -0.39 is 73.7 Å². The molecule has 0 spiro atoms. The molecule has 0 aliphatic rings. The van der Waals surface area contributed by atoms with Crippen LogP contribution in [0.25, 0.3) is 0 Å². The molecule has 25 heavy (non-hydrogen) atoms. The molecule has 13 heteroatoms. The van der Waals surface area contributed by atoms with Crippen LogP contribution in [0.1, 0.15) is 0 Å². The van der Waals surface area contributed by atoms with E-state index in [1.807, 2.05) is 0 Å². The summed E-state index contributed by atoms with van der Waals surface area (Å²) in [5.41, 5.74) is 0. The van der Waals surface area contributed by atoms with Crippen LogP contribution >= 0.6 is 0 Å². The summed E-state index contributed by atoms with van der Waals surface area (Å²) in [5.74, 6) is -4.99. The van der Waals surface area contributed by atoms with Crippen molar-refractivity contribution in [1.82, 2.24) is 0 Å². The quantitative estimate of drug-likeness (QED) is 0.153. The van der Waals surface area contributed by atoms with Crippen molar-refractivity contribution in [2.45, 2.75) is 42.7 Å². The summed E-state index contributed by atoms with van der Waals surface area (Å²) in [6.07, 6.45) is -16.6. The fourth-order valence-corrected chi connectivity index (χ4v) is 1.58. The standard InChI is InChI=1S/C12H20O13/c13-1-3(15)5(16)6(17)4(2-14)25-12(24)10(21)8(19)7(18)9(20)11(22)23/h4-10,13-14,16-21H,1-2H2,(H,22,23)/t4-,5-,6+,7+,8+,9+,10-/m1/s1. The van der Waals surface area contributed by atoms with E-state index in [2.05, 4.69) is 4.74 Å². The van der Waals surface area contributed by atoms with E-state index in [1.54, 1.807) is 0 Å². The SMILES string of the molecule is O=C(CO)[C@@H](O)[C@@H](O)[C@@H](CO)OC(=O)[C@H](O)[C@@H](O)[C@H](O)[C@H](O)C(=O)O. The van der Waals surface area contributed by atoms with Gasteiger partial charge in [0.05, 0.1) is 6.61 Å². The number of ether oxygens (including phenoxy) is 1. The Morgan fingerprint density at radius 1 is 0.760 bits per heavy atom. The fraction of sp³-hybridized carbons (Fsp3) is 0.750. The molecule has 0 aromatic carbocycles. The Morgan fingerprint density at radius 3 is 1.64 bits per heavy atom. The van der Waals surface area contributed by atoms with Crippen molar-refractivity contribution in [3.05, 3.63) is 0 Å². The van der Waals surface area contributed by atoms with Crippen molar-refractivity contribution in [3.8, 4) is 0 Å². The molecule has 0 aromatic rings. The third kappa shape index (κ3) is 6.26. The van der Waals surface area contributed by atoms with Crippen molar-refractivity contribution in [1.29, 1.82) is 0 Å². The number of Topliss-reactive ketones (excluding diaryl/α,β-unsaturated/α-hetero) is 1. The van der Waals surface area contributed by atoms with Gasteiger partial charge in [-0.1, -0.05) is 0 Å². The number of aliphatic hydroxyl groups is 8. The zero-order valence-electron chi connectivity index (χ0n) is 12.6. The van der Waals surface area contributed by atoms with Crippen LogP contribution in [0.3, 0.4) is 0 Å². The fourth-order valence-electron chi connectivity index (χ4n) is 1.58. The maximum absolute atomic E-state index is 11.6. The first kappa shape index (κ1) is 23.3. The van der Waals surface area contributed by atoms with Crippen molar-refractivity contribution < 1.29 is 65.1 Å². The first-order chi connectivity index (χ1) is 11.5. The average molecular weight is 372 g/mol. The highest BCUT2D eigenvalue weighted by Crippen LogP contribution is 2.11. The summed E-state index contributed by atoms with van der Waals surface area (Å²) in [4.78, 5) is 33.1. The third-order valence-electron chi connectivity index (χ3n) is 3.13. The molecule has 7 atom stereocenters. The highest BCUT2D eigenvalue weighted by molar-refractivity contribution is 5.84. The van der Waals surface area contributed by atoms with E-state index in [-0.39, 0.29) is 0 Å². The Labute approximate surface area is 139 Å². The second-order valence-corrected chi connectivity index (χ2v) is 4.93. The van der Waals surface area contributed by atoms with E-state index in [9.17, 15) is 39.9 Å². The number of esters is 1. The van der Waals surface area contributed by atoms with Gasteiger partial charge >= 0.3 is 11.9 Å². The molecule has 0 bridgehead atoms. The van der Waals surface area contributed by atoms with Gasteiger partial charge in [0.1, 0.15) is 31.0 Å². The minimum absolute atomic E-state index is 1.15. The maximum Gasteiger partial charge on any atom is 0.338 e. The lowest BCUT2D eigenvalue weighted by Crippen LogP contribution is -2.52. The average Bonchev–Trinajstić information content (AvgIpc) is 2.60. The van der Waals surface area contributed by atoms with Crippen LogP contribution in [0.15, 0.2) is 0 Å². The molecule has 0 saturated heterocycles. The molecule has 0 fully saturated rings. The molecular formula is C12H20O13. The first-order valence-electron chi connectivity index (χ1n) is 6.75. The van der Waals surface area contributed by atoms with E-state index in [0.717, 1.165) is 0 Å². The van der Waals surface area contributed by atoms with Crippen LogP contribution in [0.2, 0.25) is 0 Å². The summed E-state index contributed by atoms with van der Waals surface area (Å²) in [7, 11) is 0. The number of aliphatic carboxylic acids is 1. The molecule has 0 aliphatic carbocycles. The van der Waals surface area contributed by atoms with Crippen molar-refractivity contribution in [2.75, 3.05) is 13.2 Å². The summed E-state index contributed by atoms with van der Waals surface area (Å²) in [6.45, 7) is -2.31. The summed E-state index contributed by atoms with van der Waals surface area (Å²) < 4.78 is 4.37. The van der Waals surface area contributed by atoms with Crippen molar-refractivity contribution in [2.24, 2.45) is 0 Å². The maximum atomic E-state index is 11.6. The number of ketones is 1.